The van der Waals surface area contributed by atoms with Crippen LogP contribution >= 0.6 is 0 Å². The van der Waals surface area contributed by atoms with Gasteiger partial charge in [-0.1, -0.05) is 23.8 Å². The van der Waals surface area contributed by atoms with E-state index >= 15 is 0 Å². The van der Waals surface area contributed by atoms with Crippen LogP contribution in [0.15, 0.2) is 52.7 Å². The van der Waals surface area contributed by atoms with Gasteiger partial charge in [0, 0.05) is 11.9 Å². The normalized spacial score (nSPS) is 11.3. The molecule has 1 aromatic heterocycles. The van der Waals surface area contributed by atoms with Gasteiger partial charge in [-0.3, -0.25) is 4.79 Å². The Morgan fingerprint density at radius 1 is 1.15 bits per heavy atom. The molecule has 0 saturated carbocycles. The highest BCUT2D eigenvalue weighted by atomic mass is 16.5. The number of ether oxygens (including phenoxy) is 1. The van der Waals surface area contributed by atoms with Crippen molar-refractivity contribution >= 4 is 22.5 Å². The summed E-state index contributed by atoms with van der Waals surface area (Å²) in [5.74, 6) is 0.0924. The Labute approximate surface area is 151 Å². The van der Waals surface area contributed by atoms with Crippen LogP contribution in [0.3, 0.4) is 0 Å². The third-order valence-corrected chi connectivity index (χ3v) is 4.10. The average Bonchev–Trinajstić information content (AvgIpc) is 2.88. The monoisotopic (exact) mass is 351 g/mol. The van der Waals surface area contributed by atoms with Crippen LogP contribution in [0, 0.1) is 13.8 Å². The molecule has 1 heterocycles. The van der Waals surface area contributed by atoms with E-state index in [-0.39, 0.29) is 12.5 Å². The Morgan fingerprint density at radius 3 is 2.65 bits per heavy atom. The first-order valence-corrected chi connectivity index (χ1v) is 8.45. The molecule has 0 atom stereocenters. The van der Waals surface area contributed by atoms with Gasteiger partial charge in [-0.25, -0.2) is 0 Å². The molecule has 3 aromatic rings. The molecule has 1 N–H and O–H groups in total. The number of rotatable bonds is 5. The van der Waals surface area contributed by atoms with E-state index < -0.39 is 5.91 Å². The maximum absolute atomic E-state index is 12.0. The summed E-state index contributed by atoms with van der Waals surface area (Å²) in [6, 6.07) is 13.2. The number of aromatic hydroxyl groups is 1. The first-order chi connectivity index (χ1) is 12.5. The molecule has 0 unspecified atom stereocenters. The number of carbonyl (C=O) groups is 1. The minimum Gasteiger partial charge on any atom is -0.493 e. The molecule has 0 aliphatic carbocycles. The largest absolute Gasteiger partial charge is 0.493 e. The summed E-state index contributed by atoms with van der Waals surface area (Å²) in [6.07, 6.45) is 0. The van der Waals surface area contributed by atoms with Gasteiger partial charge in [0.1, 0.15) is 5.75 Å². The van der Waals surface area contributed by atoms with E-state index in [1.54, 1.807) is 10.6 Å². The number of nitrogens with zero attached hydrogens (tertiary/aromatic N) is 3. The Morgan fingerprint density at radius 2 is 1.92 bits per heavy atom. The molecule has 0 spiro atoms. The third kappa shape index (κ3) is 3.59. The van der Waals surface area contributed by atoms with Crippen LogP contribution < -0.4 is 4.74 Å². The highest BCUT2D eigenvalue weighted by molar-refractivity contribution is 5.95. The summed E-state index contributed by atoms with van der Waals surface area (Å²) in [7, 11) is 0. The summed E-state index contributed by atoms with van der Waals surface area (Å²) in [5.41, 5.74) is 3.24. The van der Waals surface area contributed by atoms with Crippen molar-refractivity contribution in [2.75, 3.05) is 6.61 Å². The average molecular weight is 351 g/mol. The molecule has 0 fully saturated rings. The van der Waals surface area contributed by atoms with Crippen molar-refractivity contribution in [1.82, 2.24) is 4.57 Å². The van der Waals surface area contributed by atoms with Crippen LogP contribution in [-0.2, 0) is 11.3 Å². The van der Waals surface area contributed by atoms with Crippen LogP contribution in [0.4, 0.5) is 5.69 Å². The molecule has 3 rings (SSSR count). The fraction of sp³-hybridized carbons (Fsp3) is 0.250. The Bertz CT molecular complexity index is 989. The van der Waals surface area contributed by atoms with E-state index in [1.165, 1.54) is 0 Å². The van der Waals surface area contributed by atoms with E-state index in [4.69, 9.17) is 4.74 Å². The number of hydrogen-bond acceptors (Lipinski definition) is 4. The SMILES string of the molecule is CCn1c(O)c(N=NC(=O)COc2cccc(C)c2)c2cc(C)ccc21. The summed E-state index contributed by atoms with van der Waals surface area (Å²) in [4.78, 5) is 12.0. The Balaban J connectivity index is 1.80. The lowest BCUT2D eigenvalue weighted by molar-refractivity contribution is -0.120. The number of aryl methyl sites for hydroxylation is 3. The summed E-state index contributed by atoms with van der Waals surface area (Å²) in [5, 5.41) is 18.9. The van der Waals surface area contributed by atoms with Crippen LogP contribution in [0.5, 0.6) is 11.6 Å². The first-order valence-electron chi connectivity index (χ1n) is 8.45. The van der Waals surface area contributed by atoms with Crippen molar-refractivity contribution < 1.29 is 14.6 Å². The molecule has 6 heteroatoms. The van der Waals surface area contributed by atoms with Crippen molar-refractivity contribution in [3.8, 4) is 11.6 Å². The number of fused-ring (bicyclic) bond motifs is 1. The lowest BCUT2D eigenvalue weighted by Crippen LogP contribution is -2.07. The fourth-order valence-corrected chi connectivity index (χ4v) is 2.84. The highest BCUT2D eigenvalue weighted by Gasteiger charge is 2.16. The molecule has 2 aromatic carbocycles. The predicted octanol–water partition coefficient (Wildman–Crippen LogP) is 4.67. The van der Waals surface area contributed by atoms with E-state index in [2.05, 4.69) is 10.2 Å². The Hall–Kier alpha value is -3.15. The van der Waals surface area contributed by atoms with Crippen LogP contribution in [0.1, 0.15) is 18.1 Å². The van der Waals surface area contributed by atoms with Gasteiger partial charge in [0.05, 0.1) is 5.52 Å². The molecular formula is C20H21N3O3. The van der Waals surface area contributed by atoms with E-state index in [9.17, 15) is 9.90 Å². The third-order valence-electron chi connectivity index (χ3n) is 4.10. The van der Waals surface area contributed by atoms with Crippen LogP contribution in [0.2, 0.25) is 0 Å². The van der Waals surface area contributed by atoms with Crippen molar-refractivity contribution in [3.05, 3.63) is 53.6 Å². The van der Waals surface area contributed by atoms with Gasteiger partial charge in [-0.2, -0.15) is 0 Å². The number of hydrogen-bond donors (Lipinski definition) is 1. The smallest absolute Gasteiger partial charge is 0.302 e. The molecule has 1 amide bonds. The van der Waals surface area contributed by atoms with Gasteiger partial charge < -0.3 is 14.4 Å². The molecule has 0 radical (unpaired) electrons. The molecule has 0 saturated heterocycles. The van der Waals surface area contributed by atoms with Gasteiger partial charge in [0.25, 0.3) is 0 Å². The van der Waals surface area contributed by atoms with Crippen molar-refractivity contribution in [1.29, 1.82) is 0 Å². The van der Waals surface area contributed by atoms with E-state index in [0.29, 0.717) is 18.0 Å². The van der Waals surface area contributed by atoms with E-state index in [0.717, 1.165) is 22.0 Å². The zero-order chi connectivity index (χ0) is 18.7. The van der Waals surface area contributed by atoms with E-state index in [1.807, 2.05) is 57.2 Å². The highest BCUT2D eigenvalue weighted by Crippen LogP contribution is 2.39. The van der Waals surface area contributed by atoms with Crippen molar-refractivity contribution in [3.63, 3.8) is 0 Å². The predicted molar refractivity (Wildman–Crippen MR) is 100 cm³/mol. The van der Waals surface area contributed by atoms with Gasteiger partial charge in [0.2, 0.25) is 5.88 Å². The standard InChI is InChI=1S/C20H21N3O3/c1-4-23-17-9-8-14(3)11-16(17)19(20(23)25)22-21-18(24)12-26-15-7-5-6-13(2)10-15/h5-11,25H,4,12H2,1-3H3. The number of azo groups is 1. The quantitative estimate of drug-likeness (QED) is 0.679. The van der Waals surface area contributed by atoms with Crippen molar-refractivity contribution in [2.24, 2.45) is 10.2 Å². The summed E-state index contributed by atoms with van der Waals surface area (Å²) < 4.78 is 7.16. The summed E-state index contributed by atoms with van der Waals surface area (Å²) in [6.45, 7) is 6.22. The second-order valence-electron chi connectivity index (χ2n) is 6.14. The minimum atomic E-state index is -0.518. The fourth-order valence-electron chi connectivity index (χ4n) is 2.84. The molecule has 0 aliphatic rings. The number of carbonyl (C=O) groups excluding carboxylic acids is 1. The molecule has 0 aliphatic heterocycles. The molecule has 26 heavy (non-hydrogen) atoms. The minimum absolute atomic E-state index is 0.00394. The molecule has 6 nitrogen and oxygen atoms in total. The molecule has 134 valence electrons. The zero-order valence-electron chi connectivity index (χ0n) is 15.1. The van der Waals surface area contributed by atoms with Gasteiger partial charge >= 0.3 is 5.91 Å². The number of amides is 1. The lowest BCUT2D eigenvalue weighted by atomic mass is 10.1. The van der Waals surface area contributed by atoms with Gasteiger partial charge in [0.15, 0.2) is 12.3 Å². The van der Waals surface area contributed by atoms with Gasteiger partial charge in [-0.05, 0) is 50.6 Å². The maximum atomic E-state index is 12.0. The number of aromatic nitrogens is 1. The zero-order valence-corrected chi connectivity index (χ0v) is 15.1. The maximum Gasteiger partial charge on any atom is 0.302 e. The lowest BCUT2D eigenvalue weighted by Gasteiger charge is -2.03. The topological polar surface area (TPSA) is 76.2 Å². The second kappa shape index (κ2) is 7.39. The van der Waals surface area contributed by atoms with Crippen LogP contribution in [0.25, 0.3) is 10.9 Å². The second-order valence-corrected chi connectivity index (χ2v) is 6.14. The summed E-state index contributed by atoms with van der Waals surface area (Å²) >= 11 is 0. The van der Waals surface area contributed by atoms with Gasteiger partial charge in [-0.15, -0.1) is 10.2 Å². The molecule has 0 bridgehead atoms. The van der Waals surface area contributed by atoms with Crippen molar-refractivity contribution in [2.45, 2.75) is 27.3 Å². The van der Waals surface area contributed by atoms with Crippen LogP contribution in [-0.4, -0.2) is 22.2 Å². The Kier molecular flexibility index (Phi) is 5.02. The number of benzene rings is 2. The molecular weight excluding hydrogens is 330 g/mol. The first kappa shape index (κ1) is 17.7.